The summed E-state index contributed by atoms with van der Waals surface area (Å²) in [7, 11) is 0. The Bertz CT molecular complexity index is 451. The minimum Gasteiger partial charge on any atom is -0.461 e. The van der Waals surface area contributed by atoms with Crippen molar-refractivity contribution in [2.45, 2.75) is 13.3 Å². The summed E-state index contributed by atoms with van der Waals surface area (Å²) in [5, 5.41) is 10.6. The quantitative estimate of drug-likeness (QED) is 0.461. The van der Waals surface area contributed by atoms with Crippen molar-refractivity contribution in [3.05, 3.63) is 33.6 Å². The van der Waals surface area contributed by atoms with Gasteiger partial charge in [-0.2, -0.15) is 0 Å². The van der Waals surface area contributed by atoms with E-state index < -0.39 is 34.4 Å². The fourth-order valence-corrected chi connectivity index (χ4v) is 1.09. The van der Waals surface area contributed by atoms with Crippen molar-refractivity contribution in [1.82, 2.24) is 4.98 Å². The van der Waals surface area contributed by atoms with Gasteiger partial charge >= 0.3 is 11.7 Å². The molecule has 17 heavy (non-hydrogen) atoms. The highest BCUT2D eigenvalue weighted by atomic mass is 19.3. The number of nitro groups is 1. The van der Waals surface area contributed by atoms with Crippen LogP contribution in [0.15, 0.2) is 12.1 Å². The van der Waals surface area contributed by atoms with Gasteiger partial charge in [-0.15, -0.1) is 0 Å². The fourth-order valence-electron chi connectivity index (χ4n) is 1.09. The molecule has 1 heterocycles. The van der Waals surface area contributed by atoms with Gasteiger partial charge in [-0.1, -0.05) is 0 Å². The zero-order valence-corrected chi connectivity index (χ0v) is 8.72. The molecule has 0 spiro atoms. The van der Waals surface area contributed by atoms with Crippen LogP contribution in [-0.4, -0.2) is 22.5 Å². The first kappa shape index (κ1) is 12.9. The zero-order chi connectivity index (χ0) is 13.0. The summed E-state index contributed by atoms with van der Waals surface area (Å²) in [6, 6.07) is 1.60. The number of halogens is 2. The summed E-state index contributed by atoms with van der Waals surface area (Å²) >= 11 is 0. The van der Waals surface area contributed by atoms with E-state index >= 15 is 0 Å². The minimum atomic E-state index is -2.91. The van der Waals surface area contributed by atoms with Crippen LogP contribution in [0.1, 0.15) is 29.5 Å². The number of carbonyl (C=O) groups is 1. The van der Waals surface area contributed by atoms with E-state index in [1.807, 2.05) is 0 Å². The van der Waals surface area contributed by atoms with Gasteiger partial charge in [0.25, 0.3) is 6.43 Å². The Labute approximate surface area is 94.4 Å². The molecule has 0 saturated heterocycles. The van der Waals surface area contributed by atoms with Crippen LogP contribution in [0.25, 0.3) is 0 Å². The number of carbonyl (C=O) groups excluding carboxylic acids is 1. The minimum absolute atomic E-state index is 0.0312. The predicted molar refractivity (Wildman–Crippen MR) is 51.8 cm³/mol. The first-order valence-corrected chi connectivity index (χ1v) is 4.58. The number of hydrogen-bond donors (Lipinski definition) is 0. The average molecular weight is 246 g/mol. The van der Waals surface area contributed by atoms with Gasteiger partial charge in [-0.3, -0.25) is 10.1 Å². The van der Waals surface area contributed by atoms with E-state index in [0.717, 1.165) is 12.1 Å². The van der Waals surface area contributed by atoms with Crippen LogP contribution < -0.4 is 0 Å². The summed E-state index contributed by atoms with van der Waals surface area (Å²) in [5.74, 6) is -1.10. The third-order valence-electron chi connectivity index (χ3n) is 1.78. The summed E-state index contributed by atoms with van der Waals surface area (Å²) in [6.45, 7) is 1.46. The fraction of sp³-hybridized carbons (Fsp3) is 0.333. The molecule has 0 amide bonds. The first-order chi connectivity index (χ1) is 7.97. The van der Waals surface area contributed by atoms with Crippen molar-refractivity contribution in [2.24, 2.45) is 0 Å². The molecule has 0 fully saturated rings. The molecule has 0 radical (unpaired) electrons. The summed E-state index contributed by atoms with van der Waals surface area (Å²) in [4.78, 5) is 24.3. The number of hydrogen-bond acceptors (Lipinski definition) is 5. The molecule has 1 aromatic heterocycles. The Morgan fingerprint density at radius 1 is 1.59 bits per heavy atom. The molecule has 0 aliphatic rings. The number of nitrogens with zero attached hydrogens (tertiary/aromatic N) is 2. The number of ether oxygens (including phenoxy) is 1. The Kier molecular flexibility index (Phi) is 4.02. The lowest BCUT2D eigenvalue weighted by Crippen LogP contribution is -2.11. The van der Waals surface area contributed by atoms with Gasteiger partial charge in [0.1, 0.15) is 5.69 Å². The maximum absolute atomic E-state index is 12.3. The van der Waals surface area contributed by atoms with Gasteiger partial charge in [0.2, 0.25) is 5.69 Å². The number of alkyl halides is 2. The van der Waals surface area contributed by atoms with Crippen LogP contribution in [0.3, 0.4) is 0 Å². The maximum atomic E-state index is 12.3. The Hall–Kier alpha value is -2.12. The molecule has 0 aliphatic carbocycles. The molecule has 0 unspecified atom stereocenters. The second kappa shape index (κ2) is 5.28. The number of rotatable bonds is 4. The second-order valence-corrected chi connectivity index (χ2v) is 2.88. The Morgan fingerprint density at radius 2 is 2.24 bits per heavy atom. The van der Waals surface area contributed by atoms with Crippen molar-refractivity contribution in [3.8, 4) is 0 Å². The lowest BCUT2D eigenvalue weighted by Gasteiger charge is -2.04. The molecule has 0 aliphatic heterocycles. The predicted octanol–water partition coefficient (Wildman–Crippen LogP) is 2.10. The molecule has 6 nitrogen and oxygen atoms in total. The van der Waals surface area contributed by atoms with Crippen LogP contribution in [0.5, 0.6) is 0 Å². The van der Waals surface area contributed by atoms with E-state index in [4.69, 9.17) is 0 Å². The molecule has 8 heteroatoms. The lowest BCUT2D eigenvalue weighted by atomic mass is 10.2. The molecular weight excluding hydrogens is 238 g/mol. The molecular formula is C9H8F2N2O4. The topological polar surface area (TPSA) is 82.3 Å². The van der Waals surface area contributed by atoms with Crippen LogP contribution in [-0.2, 0) is 4.74 Å². The van der Waals surface area contributed by atoms with Gasteiger partial charge in [0, 0.05) is 6.07 Å². The normalized spacial score (nSPS) is 10.4. The summed E-state index contributed by atoms with van der Waals surface area (Å²) < 4.78 is 29.2. The highest BCUT2D eigenvalue weighted by molar-refractivity contribution is 5.91. The number of aromatic nitrogens is 1. The standard InChI is InChI=1S/C9H8F2N2O4/c1-2-17-9(14)7-6(13(15)16)4-3-5(12-7)8(10)11/h3-4,8H,2H2,1H3. The molecule has 92 valence electrons. The van der Waals surface area contributed by atoms with E-state index in [9.17, 15) is 23.7 Å². The molecule has 0 N–H and O–H groups in total. The average Bonchev–Trinajstić information content (AvgIpc) is 2.28. The molecule has 1 aromatic rings. The van der Waals surface area contributed by atoms with E-state index in [1.165, 1.54) is 6.92 Å². The molecule has 1 rings (SSSR count). The second-order valence-electron chi connectivity index (χ2n) is 2.88. The largest absolute Gasteiger partial charge is 0.461 e. The van der Waals surface area contributed by atoms with Gasteiger partial charge in [0.15, 0.2) is 0 Å². The van der Waals surface area contributed by atoms with Crippen molar-refractivity contribution < 1.29 is 23.2 Å². The van der Waals surface area contributed by atoms with E-state index in [1.54, 1.807) is 0 Å². The lowest BCUT2D eigenvalue weighted by molar-refractivity contribution is -0.385. The first-order valence-electron chi connectivity index (χ1n) is 4.58. The summed E-state index contributed by atoms with van der Waals surface area (Å²) in [6.07, 6.45) is -2.91. The third kappa shape index (κ3) is 2.92. The maximum Gasteiger partial charge on any atom is 0.364 e. The van der Waals surface area contributed by atoms with E-state index in [-0.39, 0.29) is 6.61 Å². The van der Waals surface area contributed by atoms with Gasteiger partial charge < -0.3 is 4.74 Å². The molecule has 0 atom stereocenters. The number of esters is 1. The Morgan fingerprint density at radius 3 is 2.71 bits per heavy atom. The molecule has 0 saturated carbocycles. The monoisotopic (exact) mass is 246 g/mol. The van der Waals surface area contributed by atoms with Gasteiger partial charge in [-0.05, 0) is 13.0 Å². The molecule has 0 aromatic carbocycles. The van der Waals surface area contributed by atoms with Gasteiger partial charge in [0.05, 0.1) is 11.5 Å². The van der Waals surface area contributed by atoms with Crippen molar-refractivity contribution in [2.75, 3.05) is 6.61 Å². The van der Waals surface area contributed by atoms with Gasteiger partial charge in [-0.25, -0.2) is 18.6 Å². The van der Waals surface area contributed by atoms with Crippen molar-refractivity contribution >= 4 is 11.7 Å². The third-order valence-corrected chi connectivity index (χ3v) is 1.78. The SMILES string of the molecule is CCOC(=O)c1nc(C(F)F)ccc1[N+](=O)[O-]. The van der Waals surface area contributed by atoms with Crippen LogP contribution in [0, 0.1) is 10.1 Å². The highest BCUT2D eigenvalue weighted by Gasteiger charge is 2.25. The Balaban J connectivity index is 3.25. The van der Waals surface area contributed by atoms with E-state index in [2.05, 4.69) is 9.72 Å². The zero-order valence-electron chi connectivity index (χ0n) is 8.72. The van der Waals surface area contributed by atoms with E-state index in [0.29, 0.717) is 0 Å². The summed E-state index contributed by atoms with van der Waals surface area (Å²) in [5.41, 5.74) is -2.08. The highest BCUT2D eigenvalue weighted by Crippen LogP contribution is 2.23. The molecule has 0 bridgehead atoms. The van der Waals surface area contributed by atoms with Crippen LogP contribution in [0.2, 0.25) is 0 Å². The van der Waals surface area contributed by atoms with Crippen molar-refractivity contribution in [1.29, 1.82) is 0 Å². The van der Waals surface area contributed by atoms with Crippen LogP contribution >= 0.6 is 0 Å². The number of pyridine rings is 1. The van der Waals surface area contributed by atoms with Crippen molar-refractivity contribution in [3.63, 3.8) is 0 Å². The van der Waals surface area contributed by atoms with Crippen LogP contribution in [0.4, 0.5) is 14.5 Å². The smallest absolute Gasteiger partial charge is 0.364 e.